The Labute approximate surface area is 96.6 Å². The van der Waals surface area contributed by atoms with Gasteiger partial charge in [0.15, 0.2) is 0 Å². The summed E-state index contributed by atoms with van der Waals surface area (Å²) in [5.41, 5.74) is 0. The zero-order chi connectivity index (χ0) is 12.7. The number of rotatable bonds is 6. The molecule has 5 nitrogen and oxygen atoms in total. The van der Waals surface area contributed by atoms with E-state index in [-0.39, 0.29) is 6.04 Å². The molecule has 0 aliphatic carbocycles. The van der Waals surface area contributed by atoms with Gasteiger partial charge in [0.05, 0.1) is 0 Å². The van der Waals surface area contributed by atoms with Gasteiger partial charge in [-0.3, -0.25) is 4.79 Å². The first-order valence-electron chi connectivity index (χ1n) is 5.72. The summed E-state index contributed by atoms with van der Waals surface area (Å²) in [5.74, 6) is -0.615. The van der Waals surface area contributed by atoms with Gasteiger partial charge in [-0.15, -0.1) is 0 Å². The molecule has 0 aliphatic rings. The number of urea groups is 1. The normalized spacial score (nSPS) is 14.3. The molecule has 0 spiro atoms. The average molecular weight is 230 g/mol. The molecule has 2 amide bonds. The van der Waals surface area contributed by atoms with Crippen LogP contribution in [0.3, 0.4) is 0 Å². The predicted molar refractivity (Wildman–Crippen MR) is 62.3 cm³/mol. The molecule has 0 fully saturated rings. The van der Waals surface area contributed by atoms with Crippen molar-refractivity contribution in [1.82, 2.24) is 10.6 Å². The summed E-state index contributed by atoms with van der Waals surface area (Å²) in [6.07, 6.45) is 1.98. The Hall–Kier alpha value is -1.26. The van der Waals surface area contributed by atoms with Crippen LogP contribution in [-0.2, 0) is 4.79 Å². The number of carbonyl (C=O) groups is 2. The van der Waals surface area contributed by atoms with Crippen molar-refractivity contribution in [3.05, 3.63) is 0 Å². The zero-order valence-electron chi connectivity index (χ0n) is 10.4. The first-order valence-corrected chi connectivity index (χ1v) is 5.72. The first-order chi connectivity index (χ1) is 7.42. The second kappa shape index (κ2) is 7.09. The highest BCUT2D eigenvalue weighted by Gasteiger charge is 2.18. The fraction of sp³-hybridized carbons (Fsp3) is 0.818. The fourth-order valence-corrected chi connectivity index (χ4v) is 1.62. The summed E-state index contributed by atoms with van der Waals surface area (Å²) in [6, 6.07) is -1.24. The minimum absolute atomic E-state index is 0.0518. The molecule has 3 N–H and O–H groups in total. The molecule has 0 aliphatic heterocycles. The SMILES string of the molecule is CCC(CC)C(C)NC(=O)NC(C)C(=O)O. The second-order valence-corrected chi connectivity index (χ2v) is 4.04. The van der Waals surface area contributed by atoms with E-state index in [9.17, 15) is 9.59 Å². The Balaban J connectivity index is 4.09. The predicted octanol–water partition coefficient (Wildman–Crippen LogP) is 1.58. The molecule has 0 saturated heterocycles. The van der Waals surface area contributed by atoms with E-state index in [0.29, 0.717) is 5.92 Å². The van der Waals surface area contributed by atoms with E-state index in [1.807, 2.05) is 6.92 Å². The number of carboxylic acids is 1. The van der Waals surface area contributed by atoms with Gasteiger partial charge < -0.3 is 15.7 Å². The Morgan fingerprint density at radius 2 is 1.62 bits per heavy atom. The number of hydrogen-bond acceptors (Lipinski definition) is 2. The molecule has 16 heavy (non-hydrogen) atoms. The van der Waals surface area contributed by atoms with Crippen LogP contribution in [0.4, 0.5) is 4.79 Å². The van der Waals surface area contributed by atoms with Crippen LogP contribution in [0.2, 0.25) is 0 Å². The zero-order valence-corrected chi connectivity index (χ0v) is 10.4. The van der Waals surface area contributed by atoms with Gasteiger partial charge in [-0.05, 0) is 19.8 Å². The summed E-state index contributed by atoms with van der Waals surface area (Å²) in [6.45, 7) is 7.51. The maximum Gasteiger partial charge on any atom is 0.325 e. The molecule has 0 radical (unpaired) electrons. The van der Waals surface area contributed by atoms with Gasteiger partial charge in [0.25, 0.3) is 0 Å². The summed E-state index contributed by atoms with van der Waals surface area (Å²) in [5, 5.41) is 13.7. The highest BCUT2D eigenvalue weighted by atomic mass is 16.4. The van der Waals surface area contributed by atoms with Crippen LogP contribution in [0, 0.1) is 5.92 Å². The lowest BCUT2D eigenvalue weighted by atomic mass is 9.96. The fourth-order valence-electron chi connectivity index (χ4n) is 1.62. The molecule has 0 aromatic heterocycles. The molecule has 94 valence electrons. The van der Waals surface area contributed by atoms with Crippen LogP contribution in [0.5, 0.6) is 0 Å². The standard InChI is InChI=1S/C11H22N2O3/c1-5-9(6-2)7(3)12-11(16)13-8(4)10(14)15/h7-9H,5-6H2,1-4H3,(H,14,15)(H2,12,13,16). The Morgan fingerprint density at radius 3 is 2.00 bits per heavy atom. The molecular formula is C11H22N2O3. The van der Waals surface area contributed by atoms with Crippen molar-refractivity contribution in [3.8, 4) is 0 Å². The third kappa shape index (κ3) is 5.00. The van der Waals surface area contributed by atoms with Gasteiger partial charge in [-0.1, -0.05) is 26.7 Å². The van der Waals surface area contributed by atoms with E-state index < -0.39 is 18.0 Å². The Bertz CT molecular complexity index is 239. The molecular weight excluding hydrogens is 208 g/mol. The molecule has 0 bridgehead atoms. The molecule has 5 heteroatoms. The van der Waals surface area contributed by atoms with Gasteiger partial charge in [-0.2, -0.15) is 0 Å². The number of carbonyl (C=O) groups excluding carboxylic acids is 1. The average Bonchev–Trinajstić information content (AvgIpc) is 2.18. The van der Waals surface area contributed by atoms with Crippen LogP contribution >= 0.6 is 0 Å². The quantitative estimate of drug-likeness (QED) is 0.648. The van der Waals surface area contributed by atoms with Crippen molar-refractivity contribution in [1.29, 1.82) is 0 Å². The van der Waals surface area contributed by atoms with Crippen molar-refractivity contribution in [2.24, 2.45) is 5.92 Å². The Kier molecular flexibility index (Phi) is 6.53. The largest absolute Gasteiger partial charge is 0.480 e. The van der Waals surface area contributed by atoms with Crippen molar-refractivity contribution in [2.75, 3.05) is 0 Å². The van der Waals surface area contributed by atoms with Crippen molar-refractivity contribution in [2.45, 2.75) is 52.6 Å². The second-order valence-electron chi connectivity index (χ2n) is 4.04. The molecule has 0 saturated carbocycles. The summed E-state index contributed by atoms with van der Waals surface area (Å²) < 4.78 is 0. The van der Waals surface area contributed by atoms with Crippen molar-refractivity contribution < 1.29 is 14.7 Å². The molecule has 0 aromatic rings. The maximum atomic E-state index is 11.4. The monoisotopic (exact) mass is 230 g/mol. The minimum atomic E-state index is -1.04. The van der Waals surface area contributed by atoms with Crippen LogP contribution in [0.25, 0.3) is 0 Å². The number of nitrogens with one attached hydrogen (secondary N) is 2. The van der Waals surface area contributed by atoms with E-state index in [4.69, 9.17) is 5.11 Å². The van der Waals surface area contributed by atoms with Gasteiger partial charge in [0.2, 0.25) is 0 Å². The summed E-state index contributed by atoms with van der Waals surface area (Å²) >= 11 is 0. The number of carboxylic acid groups (broad SMARTS) is 1. The highest BCUT2D eigenvalue weighted by molar-refractivity contribution is 5.82. The van der Waals surface area contributed by atoms with Gasteiger partial charge in [0, 0.05) is 6.04 Å². The van der Waals surface area contributed by atoms with Gasteiger partial charge >= 0.3 is 12.0 Å². The van der Waals surface area contributed by atoms with E-state index in [2.05, 4.69) is 24.5 Å². The minimum Gasteiger partial charge on any atom is -0.480 e. The summed E-state index contributed by atoms with van der Waals surface area (Å²) in [4.78, 5) is 21.9. The van der Waals surface area contributed by atoms with Crippen LogP contribution < -0.4 is 10.6 Å². The summed E-state index contributed by atoms with van der Waals surface area (Å²) in [7, 11) is 0. The van der Waals surface area contributed by atoms with E-state index in [0.717, 1.165) is 12.8 Å². The van der Waals surface area contributed by atoms with E-state index >= 15 is 0 Å². The number of amides is 2. The molecule has 0 aromatic carbocycles. The third-order valence-corrected chi connectivity index (χ3v) is 2.83. The lowest BCUT2D eigenvalue weighted by Gasteiger charge is -2.23. The van der Waals surface area contributed by atoms with Crippen molar-refractivity contribution >= 4 is 12.0 Å². The number of aliphatic carboxylic acids is 1. The third-order valence-electron chi connectivity index (χ3n) is 2.83. The smallest absolute Gasteiger partial charge is 0.325 e. The van der Waals surface area contributed by atoms with Gasteiger partial charge in [0.1, 0.15) is 6.04 Å². The molecule has 0 rings (SSSR count). The Morgan fingerprint density at radius 1 is 1.12 bits per heavy atom. The lowest BCUT2D eigenvalue weighted by Crippen LogP contribution is -2.48. The molecule has 2 atom stereocenters. The first kappa shape index (κ1) is 14.7. The molecule has 0 heterocycles. The van der Waals surface area contributed by atoms with Crippen LogP contribution in [0.15, 0.2) is 0 Å². The van der Waals surface area contributed by atoms with Gasteiger partial charge in [-0.25, -0.2) is 4.79 Å². The van der Waals surface area contributed by atoms with E-state index in [1.54, 1.807) is 0 Å². The number of hydrogen-bond donors (Lipinski definition) is 3. The highest BCUT2D eigenvalue weighted by Crippen LogP contribution is 2.12. The van der Waals surface area contributed by atoms with Crippen LogP contribution in [-0.4, -0.2) is 29.2 Å². The van der Waals surface area contributed by atoms with Crippen molar-refractivity contribution in [3.63, 3.8) is 0 Å². The molecule has 2 unspecified atom stereocenters. The van der Waals surface area contributed by atoms with E-state index in [1.165, 1.54) is 6.92 Å². The lowest BCUT2D eigenvalue weighted by molar-refractivity contribution is -0.138. The maximum absolute atomic E-state index is 11.4. The van der Waals surface area contributed by atoms with Crippen LogP contribution in [0.1, 0.15) is 40.5 Å². The topological polar surface area (TPSA) is 78.4 Å².